The lowest BCUT2D eigenvalue weighted by Crippen LogP contribution is -2.14. The fraction of sp³-hybridized carbons (Fsp3) is 0.0833. The molecule has 0 aliphatic carbocycles. The Morgan fingerprint density at radius 1 is 1.28 bits per heavy atom. The molecule has 6 heteroatoms. The number of halogens is 1. The Hall–Kier alpha value is -2.14. The van der Waals surface area contributed by atoms with E-state index in [2.05, 4.69) is 15.3 Å². The van der Waals surface area contributed by atoms with Crippen LogP contribution in [0.1, 0.15) is 5.56 Å². The summed E-state index contributed by atoms with van der Waals surface area (Å²) >= 11 is 5.66. The lowest BCUT2D eigenvalue weighted by Gasteiger charge is -2.06. The van der Waals surface area contributed by atoms with Gasteiger partial charge in [0, 0.05) is 6.07 Å². The van der Waals surface area contributed by atoms with E-state index >= 15 is 0 Å². The summed E-state index contributed by atoms with van der Waals surface area (Å²) in [6.07, 6.45) is 0.670. The summed E-state index contributed by atoms with van der Waals surface area (Å²) in [6.45, 7) is 0.200. The van der Waals surface area contributed by atoms with Gasteiger partial charge in [-0.1, -0.05) is 41.9 Å². The van der Waals surface area contributed by atoms with Crippen molar-refractivity contribution in [2.75, 3.05) is 5.32 Å². The fourth-order valence-electron chi connectivity index (χ4n) is 1.27. The van der Waals surface area contributed by atoms with Gasteiger partial charge in [-0.25, -0.2) is 14.8 Å². The van der Waals surface area contributed by atoms with E-state index in [0.717, 1.165) is 5.56 Å². The largest absolute Gasteiger partial charge is 0.444 e. The molecule has 1 amide bonds. The maximum Gasteiger partial charge on any atom is 0.413 e. The highest BCUT2D eigenvalue weighted by Gasteiger charge is 2.05. The molecule has 0 saturated carbocycles. The number of hydrogen-bond acceptors (Lipinski definition) is 4. The summed E-state index contributed by atoms with van der Waals surface area (Å²) in [4.78, 5) is 19.0. The standard InChI is InChI=1S/C12H10ClN3O2/c13-10-6-11(15-8-14-10)16-12(17)18-7-9-4-2-1-3-5-9/h1-6,8H,7H2,(H,14,15,16,17). The molecule has 1 aromatic carbocycles. The third-order valence-electron chi connectivity index (χ3n) is 2.08. The molecule has 0 fully saturated rings. The number of nitrogens with one attached hydrogen (secondary N) is 1. The number of carbonyl (C=O) groups is 1. The number of carbonyl (C=O) groups excluding carboxylic acids is 1. The van der Waals surface area contributed by atoms with Gasteiger partial charge in [0.15, 0.2) is 0 Å². The topological polar surface area (TPSA) is 64.1 Å². The van der Waals surface area contributed by atoms with Crippen LogP contribution in [0.2, 0.25) is 5.15 Å². The van der Waals surface area contributed by atoms with Gasteiger partial charge in [0.05, 0.1) is 0 Å². The molecule has 2 rings (SSSR count). The van der Waals surface area contributed by atoms with Crippen LogP contribution in [0.4, 0.5) is 10.6 Å². The maximum atomic E-state index is 11.5. The summed E-state index contributed by atoms with van der Waals surface area (Å²) in [5.41, 5.74) is 0.911. The monoisotopic (exact) mass is 263 g/mol. The van der Waals surface area contributed by atoms with Crippen molar-refractivity contribution < 1.29 is 9.53 Å². The van der Waals surface area contributed by atoms with Gasteiger partial charge >= 0.3 is 6.09 Å². The van der Waals surface area contributed by atoms with Crippen molar-refractivity contribution in [1.82, 2.24) is 9.97 Å². The van der Waals surface area contributed by atoms with Crippen molar-refractivity contribution >= 4 is 23.5 Å². The third kappa shape index (κ3) is 3.71. The van der Waals surface area contributed by atoms with E-state index < -0.39 is 6.09 Å². The van der Waals surface area contributed by atoms with Crippen molar-refractivity contribution in [2.45, 2.75) is 6.61 Å². The van der Waals surface area contributed by atoms with Crippen LogP contribution in [0.15, 0.2) is 42.7 Å². The first-order chi connectivity index (χ1) is 8.74. The second-order valence-corrected chi connectivity index (χ2v) is 3.80. The van der Waals surface area contributed by atoms with Crippen LogP contribution in [-0.4, -0.2) is 16.1 Å². The van der Waals surface area contributed by atoms with Gasteiger partial charge in [0.2, 0.25) is 0 Å². The lowest BCUT2D eigenvalue weighted by molar-refractivity contribution is 0.155. The number of anilines is 1. The summed E-state index contributed by atoms with van der Waals surface area (Å²) in [7, 11) is 0. The number of benzene rings is 1. The molecule has 0 saturated heterocycles. The van der Waals surface area contributed by atoms with Gasteiger partial charge in [-0.3, -0.25) is 5.32 Å². The average molecular weight is 264 g/mol. The SMILES string of the molecule is O=C(Nc1cc(Cl)ncn1)OCc1ccccc1. The number of amides is 1. The first-order valence-electron chi connectivity index (χ1n) is 5.19. The summed E-state index contributed by atoms with van der Waals surface area (Å²) in [6, 6.07) is 10.8. The Morgan fingerprint density at radius 2 is 2.06 bits per heavy atom. The Balaban J connectivity index is 1.86. The highest BCUT2D eigenvalue weighted by molar-refractivity contribution is 6.29. The number of nitrogens with zero attached hydrogens (tertiary/aromatic N) is 2. The van der Waals surface area contributed by atoms with Gasteiger partial charge in [-0.15, -0.1) is 0 Å². The molecule has 0 unspecified atom stereocenters. The van der Waals surface area contributed by atoms with E-state index in [9.17, 15) is 4.79 Å². The Bertz CT molecular complexity index is 534. The van der Waals surface area contributed by atoms with Crippen LogP contribution in [0.25, 0.3) is 0 Å². The van der Waals surface area contributed by atoms with Crippen molar-refractivity contribution in [1.29, 1.82) is 0 Å². The first-order valence-corrected chi connectivity index (χ1v) is 5.57. The van der Waals surface area contributed by atoms with Gasteiger partial charge in [0.25, 0.3) is 0 Å². The van der Waals surface area contributed by atoms with Crippen LogP contribution in [0, 0.1) is 0 Å². The molecule has 0 spiro atoms. The van der Waals surface area contributed by atoms with E-state index in [1.807, 2.05) is 30.3 Å². The minimum atomic E-state index is -0.589. The molecule has 92 valence electrons. The lowest BCUT2D eigenvalue weighted by atomic mass is 10.2. The van der Waals surface area contributed by atoms with Gasteiger partial charge in [-0.2, -0.15) is 0 Å². The number of rotatable bonds is 3. The van der Waals surface area contributed by atoms with Crippen LogP contribution < -0.4 is 5.32 Å². The zero-order valence-corrected chi connectivity index (χ0v) is 10.1. The van der Waals surface area contributed by atoms with Crippen LogP contribution >= 0.6 is 11.6 Å². The van der Waals surface area contributed by atoms with Crippen LogP contribution in [0.3, 0.4) is 0 Å². The first kappa shape index (κ1) is 12.3. The molecule has 1 N–H and O–H groups in total. The van der Waals surface area contributed by atoms with Crippen molar-refractivity contribution in [3.05, 3.63) is 53.4 Å². The smallest absolute Gasteiger partial charge is 0.413 e. The average Bonchev–Trinajstić information content (AvgIpc) is 2.38. The van der Waals surface area contributed by atoms with E-state index in [-0.39, 0.29) is 11.8 Å². The maximum absolute atomic E-state index is 11.5. The van der Waals surface area contributed by atoms with Crippen molar-refractivity contribution in [3.63, 3.8) is 0 Å². The minimum absolute atomic E-state index is 0.200. The summed E-state index contributed by atoms with van der Waals surface area (Å²) in [5.74, 6) is 0.299. The molecule has 5 nitrogen and oxygen atoms in total. The highest BCUT2D eigenvalue weighted by Crippen LogP contribution is 2.09. The molecule has 2 aromatic rings. The molecule has 0 atom stereocenters. The zero-order valence-electron chi connectivity index (χ0n) is 9.34. The van der Waals surface area contributed by atoms with Gasteiger partial charge in [-0.05, 0) is 5.56 Å². The van der Waals surface area contributed by atoms with E-state index in [1.54, 1.807) is 0 Å². The van der Waals surface area contributed by atoms with Gasteiger partial charge in [0.1, 0.15) is 23.9 Å². The van der Waals surface area contributed by atoms with E-state index in [1.165, 1.54) is 12.4 Å². The summed E-state index contributed by atoms with van der Waals surface area (Å²) in [5, 5.41) is 2.71. The molecule has 0 radical (unpaired) electrons. The zero-order chi connectivity index (χ0) is 12.8. The molecular weight excluding hydrogens is 254 g/mol. The highest BCUT2D eigenvalue weighted by atomic mass is 35.5. The minimum Gasteiger partial charge on any atom is -0.444 e. The predicted octanol–water partition coefficient (Wildman–Crippen LogP) is 2.88. The normalized spacial score (nSPS) is 9.83. The molecule has 18 heavy (non-hydrogen) atoms. The van der Waals surface area contributed by atoms with Crippen molar-refractivity contribution in [3.8, 4) is 0 Å². The van der Waals surface area contributed by atoms with Gasteiger partial charge < -0.3 is 4.74 Å². The Morgan fingerprint density at radius 3 is 2.78 bits per heavy atom. The molecule has 1 heterocycles. The fourth-order valence-corrected chi connectivity index (χ4v) is 1.41. The van der Waals surface area contributed by atoms with E-state index in [0.29, 0.717) is 5.82 Å². The molecule has 0 aliphatic rings. The van der Waals surface area contributed by atoms with E-state index in [4.69, 9.17) is 16.3 Å². The summed E-state index contributed by atoms with van der Waals surface area (Å²) < 4.78 is 5.02. The quantitative estimate of drug-likeness (QED) is 0.865. The third-order valence-corrected chi connectivity index (χ3v) is 2.28. The second-order valence-electron chi connectivity index (χ2n) is 3.41. The van der Waals surface area contributed by atoms with Crippen LogP contribution in [-0.2, 0) is 11.3 Å². The molecule has 1 aromatic heterocycles. The number of hydrogen-bond donors (Lipinski definition) is 1. The Kier molecular flexibility index (Phi) is 4.09. The van der Waals surface area contributed by atoms with Crippen molar-refractivity contribution in [2.24, 2.45) is 0 Å². The van der Waals surface area contributed by atoms with Crippen LogP contribution in [0.5, 0.6) is 0 Å². The number of aromatic nitrogens is 2. The Labute approximate surface area is 109 Å². The number of ether oxygens (including phenoxy) is 1. The predicted molar refractivity (Wildman–Crippen MR) is 67.3 cm³/mol. The molecular formula is C12H10ClN3O2. The molecule has 0 bridgehead atoms. The second kappa shape index (κ2) is 5.97. The molecule has 0 aliphatic heterocycles.